The predicted molar refractivity (Wildman–Crippen MR) is 121 cm³/mol. The van der Waals surface area contributed by atoms with Crippen molar-refractivity contribution in [3.05, 3.63) is 12.2 Å². The zero-order valence-electron chi connectivity index (χ0n) is 19.2. The van der Waals surface area contributed by atoms with Gasteiger partial charge < -0.3 is 9.64 Å². The SMILES string of the molecule is C=C(C)C(=O)OC(CCCCCCCCCCCCCC)CCN1CCCC1=O. The lowest BCUT2D eigenvalue weighted by atomic mass is 10.0. The number of esters is 1. The van der Waals surface area contributed by atoms with E-state index in [4.69, 9.17) is 4.74 Å². The zero-order valence-corrected chi connectivity index (χ0v) is 19.2. The molecule has 0 spiro atoms. The summed E-state index contributed by atoms with van der Waals surface area (Å²) in [6.07, 6.45) is 19.0. The van der Waals surface area contributed by atoms with Gasteiger partial charge in [-0.3, -0.25) is 4.79 Å². The molecule has 168 valence electrons. The van der Waals surface area contributed by atoms with Crippen LogP contribution in [0.5, 0.6) is 0 Å². The van der Waals surface area contributed by atoms with Crippen LogP contribution < -0.4 is 0 Å². The summed E-state index contributed by atoms with van der Waals surface area (Å²) in [5.41, 5.74) is 0.446. The normalized spacial score (nSPS) is 15.0. The molecule has 1 aliphatic heterocycles. The average molecular weight is 408 g/mol. The van der Waals surface area contributed by atoms with Gasteiger partial charge in [0.05, 0.1) is 0 Å². The number of likely N-dealkylation sites (tertiary alicyclic amines) is 1. The molecule has 1 fully saturated rings. The van der Waals surface area contributed by atoms with Crippen LogP contribution in [-0.4, -0.2) is 36.0 Å². The van der Waals surface area contributed by atoms with Crippen LogP contribution in [0.2, 0.25) is 0 Å². The quantitative estimate of drug-likeness (QED) is 0.146. The first kappa shape index (κ1) is 25.7. The van der Waals surface area contributed by atoms with Crippen LogP contribution in [0.25, 0.3) is 0 Å². The monoisotopic (exact) mass is 407 g/mol. The lowest BCUT2D eigenvalue weighted by Gasteiger charge is -2.22. The number of nitrogens with zero attached hydrogens (tertiary/aromatic N) is 1. The Labute approximate surface area is 179 Å². The van der Waals surface area contributed by atoms with Gasteiger partial charge in [0.1, 0.15) is 6.10 Å². The Kier molecular flexibility index (Phi) is 14.6. The number of ether oxygens (including phenoxy) is 1. The average Bonchev–Trinajstić information content (AvgIpc) is 3.11. The van der Waals surface area contributed by atoms with Crippen LogP contribution in [0, 0.1) is 0 Å². The number of hydrogen-bond donors (Lipinski definition) is 0. The second kappa shape index (κ2) is 16.5. The van der Waals surface area contributed by atoms with Crippen molar-refractivity contribution in [2.75, 3.05) is 13.1 Å². The van der Waals surface area contributed by atoms with Crippen molar-refractivity contribution in [2.24, 2.45) is 0 Å². The molecule has 0 aromatic carbocycles. The summed E-state index contributed by atoms with van der Waals surface area (Å²) in [5, 5.41) is 0. The van der Waals surface area contributed by atoms with Crippen molar-refractivity contribution in [1.29, 1.82) is 0 Å². The van der Waals surface area contributed by atoms with E-state index in [1.165, 1.54) is 70.6 Å². The molecule has 0 radical (unpaired) electrons. The lowest BCUT2D eigenvalue weighted by molar-refractivity contribution is -0.145. The van der Waals surface area contributed by atoms with E-state index in [1.807, 2.05) is 4.90 Å². The van der Waals surface area contributed by atoms with Gasteiger partial charge in [-0.15, -0.1) is 0 Å². The highest BCUT2D eigenvalue weighted by molar-refractivity contribution is 5.87. The van der Waals surface area contributed by atoms with E-state index < -0.39 is 0 Å². The van der Waals surface area contributed by atoms with E-state index in [1.54, 1.807) is 6.92 Å². The molecule has 0 aromatic rings. The van der Waals surface area contributed by atoms with Gasteiger partial charge in [-0.25, -0.2) is 4.79 Å². The van der Waals surface area contributed by atoms with Gasteiger partial charge in [-0.2, -0.15) is 0 Å². The fraction of sp³-hybridized carbons (Fsp3) is 0.840. The molecule has 1 amide bonds. The number of hydrogen-bond acceptors (Lipinski definition) is 3. The summed E-state index contributed by atoms with van der Waals surface area (Å²) in [5.74, 6) is -0.0676. The summed E-state index contributed by atoms with van der Waals surface area (Å²) < 4.78 is 5.63. The fourth-order valence-corrected chi connectivity index (χ4v) is 3.97. The smallest absolute Gasteiger partial charge is 0.333 e. The molecule has 1 rings (SSSR count). The highest BCUT2D eigenvalue weighted by Crippen LogP contribution is 2.17. The number of carbonyl (C=O) groups excluding carboxylic acids is 2. The van der Waals surface area contributed by atoms with Gasteiger partial charge in [-0.1, -0.05) is 84.1 Å². The molecule has 0 saturated carbocycles. The van der Waals surface area contributed by atoms with Crippen LogP contribution in [0.1, 0.15) is 117 Å². The number of carbonyl (C=O) groups is 2. The number of rotatable bonds is 18. The Balaban J connectivity index is 2.12. The minimum Gasteiger partial charge on any atom is -0.459 e. The summed E-state index contributed by atoms with van der Waals surface area (Å²) in [4.78, 5) is 25.6. The van der Waals surface area contributed by atoms with Gasteiger partial charge in [0.15, 0.2) is 0 Å². The van der Waals surface area contributed by atoms with E-state index in [2.05, 4.69) is 13.5 Å². The molecule has 1 atom stereocenters. The van der Waals surface area contributed by atoms with Crippen LogP contribution in [0.15, 0.2) is 12.2 Å². The van der Waals surface area contributed by atoms with E-state index in [0.29, 0.717) is 18.5 Å². The summed E-state index contributed by atoms with van der Waals surface area (Å²) in [6.45, 7) is 9.18. The minimum absolute atomic E-state index is 0.101. The van der Waals surface area contributed by atoms with Gasteiger partial charge in [0.2, 0.25) is 5.91 Å². The molecule has 0 aliphatic carbocycles. The van der Waals surface area contributed by atoms with Crippen molar-refractivity contribution < 1.29 is 14.3 Å². The second-order valence-electron chi connectivity index (χ2n) is 8.76. The third kappa shape index (κ3) is 12.8. The first-order chi connectivity index (χ1) is 14.0. The summed E-state index contributed by atoms with van der Waals surface area (Å²) in [6, 6.07) is 0. The molecule has 0 N–H and O–H groups in total. The minimum atomic E-state index is -0.304. The maximum absolute atomic E-state index is 11.9. The Morgan fingerprint density at radius 3 is 2.00 bits per heavy atom. The predicted octanol–water partition coefficient (Wildman–Crippen LogP) is 6.58. The molecule has 29 heavy (non-hydrogen) atoms. The lowest BCUT2D eigenvalue weighted by Crippen LogP contribution is -2.30. The summed E-state index contributed by atoms with van der Waals surface area (Å²) >= 11 is 0. The molecule has 0 bridgehead atoms. The fourth-order valence-electron chi connectivity index (χ4n) is 3.97. The molecular formula is C25H45NO3. The summed E-state index contributed by atoms with van der Waals surface area (Å²) in [7, 11) is 0. The second-order valence-corrected chi connectivity index (χ2v) is 8.76. The van der Waals surface area contributed by atoms with E-state index in [0.717, 1.165) is 32.2 Å². The standard InChI is InChI=1S/C25H45NO3/c1-4-5-6-7-8-9-10-11-12-13-14-15-17-23(29-25(28)22(2)3)19-21-26-20-16-18-24(26)27/h23H,2,4-21H2,1,3H3. The van der Waals surface area contributed by atoms with Crippen molar-refractivity contribution in [3.63, 3.8) is 0 Å². The van der Waals surface area contributed by atoms with E-state index in [9.17, 15) is 9.59 Å². The van der Waals surface area contributed by atoms with Gasteiger partial charge in [0.25, 0.3) is 0 Å². The van der Waals surface area contributed by atoms with Crippen molar-refractivity contribution in [3.8, 4) is 0 Å². The third-order valence-electron chi connectivity index (χ3n) is 5.89. The molecule has 0 aromatic heterocycles. The highest BCUT2D eigenvalue weighted by atomic mass is 16.5. The Bertz CT molecular complexity index is 475. The number of amides is 1. The highest BCUT2D eigenvalue weighted by Gasteiger charge is 2.22. The maximum Gasteiger partial charge on any atom is 0.333 e. The van der Waals surface area contributed by atoms with Crippen LogP contribution in [0.4, 0.5) is 0 Å². The largest absolute Gasteiger partial charge is 0.459 e. The molecule has 1 heterocycles. The Morgan fingerprint density at radius 1 is 0.966 bits per heavy atom. The van der Waals surface area contributed by atoms with Crippen molar-refractivity contribution >= 4 is 11.9 Å². The zero-order chi connectivity index (χ0) is 21.3. The maximum atomic E-state index is 11.9. The van der Waals surface area contributed by atoms with E-state index >= 15 is 0 Å². The molecule has 1 aliphatic rings. The molecule has 1 unspecified atom stereocenters. The first-order valence-electron chi connectivity index (χ1n) is 12.2. The molecular weight excluding hydrogens is 362 g/mol. The van der Waals surface area contributed by atoms with E-state index in [-0.39, 0.29) is 18.0 Å². The van der Waals surface area contributed by atoms with Crippen LogP contribution in [-0.2, 0) is 14.3 Å². The Morgan fingerprint density at radius 2 is 1.52 bits per heavy atom. The van der Waals surface area contributed by atoms with Crippen molar-refractivity contribution in [2.45, 2.75) is 123 Å². The number of unbranched alkanes of at least 4 members (excludes halogenated alkanes) is 11. The molecule has 1 saturated heterocycles. The molecule has 4 heteroatoms. The van der Waals surface area contributed by atoms with Crippen LogP contribution in [0.3, 0.4) is 0 Å². The van der Waals surface area contributed by atoms with Gasteiger partial charge >= 0.3 is 5.97 Å². The topological polar surface area (TPSA) is 46.6 Å². The third-order valence-corrected chi connectivity index (χ3v) is 5.89. The van der Waals surface area contributed by atoms with Crippen molar-refractivity contribution in [1.82, 2.24) is 4.90 Å². The Hall–Kier alpha value is -1.32. The molecule has 4 nitrogen and oxygen atoms in total. The van der Waals surface area contributed by atoms with Gasteiger partial charge in [0, 0.05) is 31.5 Å². The van der Waals surface area contributed by atoms with Crippen LogP contribution >= 0.6 is 0 Å². The first-order valence-corrected chi connectivity index (χ1v) is 12.2. The van der Waals surface area contributed by atoms with Gasteiger partial charge in [-0.05, 0) is 26.2 Å².